The first-order chi connectivity index (χ1) is 9.08. The molecule has 0 aliphatic rings. The lowest BCUT2D eigenvalue weighted by molar-refractivity contribution is 0.865. The van der Waals surface area contributed by atoms with E-state index in [1.165, 1.54) is 5.56 Å². The molecule has 0 spiro atoms. The molecule has 0 radical (unpaired) electrons. The van der Waals surface area contributed by atoms with E-state index in [1.54, 1.807) is 11.8 Å². The molecule has 0 fully saturated rings. The molecule has 0 unspecified atom stereocenters. The van der Waals surface area contributed by atoms with Gasteiger partial charge in [0, 0.05) is 11.0 Å². The SMILES string of the molecule is Cc1nc(NN)cc(Sc2ccc(C(C)C)cc2)n1. The van der Waals surface area contributed by atoms with E-state index in [1.807, 2.05) is 13.0 Å². The summed E-state index contributed by atoms with van der Waals surface area (Å²) in [6.45, 7) is 6.23. The van der Waals surface area contributed by atoms with Gasteiger partial charge in [-0.2, -0.15) is 0 Å². The van der Waals surface area contributed by atoms with Crippen molar-refractivity contribution in [1.29, 1.82) is 0 Å². The van der Waals surface area contributed by atoms with Crippen molar-refractivity contribution >= 4 is 17.6 Å². The summed E-state index contributed by atoms with van der Waals surface area (Å²) in [5.74, 6) is 7.27. The molecule has 2 aromatic rings. The minimum absolute atomic E-state index is 0.549. The Hall–Kier alpha value is -1.59. The first-order valence-corrected chi connectivity index (χ1v) is 7.00. The first kappa shape index (κ1) is 13.8. The lowest BCUT2D eigenvalue weighted by atomic mass is 10.0. The van der Waals surface area contributed by atoms with Crippen LogP contribution in [0, 0.1) is 6.92 Å². The van der Waals surface area contributed by atoms with Crippen LogP contribution >= 0.6 is 11.8 Å². The van der Waals surface area contributed by atoms with Crippen LogP contribution in [0.3, 0.4) is 0 Å². The third-order valence-corrected chi connectivity index (χ3v) is 3.66. The number of nitrogens with one attached hydrogen (secondary N) is 1. The molecule has 19 heavy (non-hydrogen) atoms. The molecule has 3 N–H and O–H groups in total. The fourth-order valence-corrected chi connectivity index (χ4v) is 2.57. The summed E-state index contributed by atoms with van der Waals surface area (Å²) in [4.78, 5) is 9.72. The number of hydrogen-bond donors (Lipinski definition) is 2. The standard InChI is InChI=1S/C14H18N4S/c1-9(2)11-4-6-12(7-5-11)19-14-8-13(18-15)16-10(3)17-14/h4-9H,15H2,1-3H3,(H,16,17,18). The maximum absolute atomic E-state index is 5.38. The Labute approximate surface area is 117 Å². The molecule has 0 aliphatic carbocycles. The average molecular weight is 274 g/mol. The molecule has 0 atom stereocenters. The largest absolute Gasteiger partial charge is 0.308 e. The van der Waals surface area contributed by atoms with E-state index in [0.29, 0.717) is 17.6 Å². The number of nitrogens with zero attached hydrogens (tertiary/aromatic N) is 2. The Balaban J connectivity index is 2.18. The van der Waals surface area contributed by atoms with Crippen LogP contribution in [0.15, 0.2) is 40.3 Å². The highest BCUT2D eigenvalue weighted by Crippen LogP contribution is 2.28. The van der Waals surface area contributed by atoms with Gasteiger partial charge in [0.2, 0.25) is 0 Å². The number of anilines is 1. The minimum atomic E-state index is 0.549. The van der Waals surface area contributed by atoms with Gasteiger partial charge in [-0.05, 0) is 30.5 Å². The van der Waals surface area contributed by atoms with Crippen molar-refractivity contribution in [3.8, 4) is 0 Å². The summed E-state index contributed by atoms with van der Waals surface area (Å²) in [6.07, 6.45) is 0. The zero-order valence-corrected chi connectivity index (χ0v) is 12.2. The molecule has 1 aromatic heterocycles. The number of nitrogens with two attached hydrogens (primary N) is 1. The van der Waals surface area contributed by atoms with E-state index >= 15 is 0 Å². The monoisotopic (exact) mass is 274 g/mol. The van der Waals surface area contributed by atoms with Crippen LogP contribution in [-0.2, 0) is 0 Å². The maximum Gasteiger partial charge on any atom is 0.144 e. The number of benzene rings is 1. The smallest absolute Gasteiger partial charge is 0.144 e. The summed E-state index contributed by atoms with van der Waals surface area (Å²) < 4.78 is 0. The molecule has 1 heterocycles. The molecule has 1 aromatic carbocycles. The van der Waals surface area contributed by atoms with E-state index in [9.17, 15) is 0 Å². The topological polar surface area (TPSA) is 63.8 Å². The number of nitrogen functional groups attached to an aromatic ring is 1. The Morgan fingerprint density at radius 3 is 2.42 bits per heavy atom. The van der Waals surface area contributed by atoms with Crippen molar-refractivity contribution in [2.45, 2.75) is 36.6 Å². The van der Waals surface area contributed by atoms with Gasteiger partial charge in [0.15, 0.2) is 0 Å². The molecule has 0 amide bonds. The highest BCUT2D eigenvalue weighted by molar-refractivity contribution is 7.99. The molecule has 0 bridgehead atoms. The maximum atomic E-state index is 5.38. The number of hydrogen-bond acceptors (Lipinski definition) is 5. The van der Waals surface area contributed by atoms with Gasteiger partial charge in [-0.15, -0.1) is 0 Å². The number of aromatic nitrogens is 2. The zero-order chi connectivity index (χ0) is 13.8. The predicted molar refractivity (Wildman–Crippen MR) is 79.2 cm³/mol. The lowest BCUT2D eigenvalue weighted by Gasteiger charge is -2.07. The highest BCUT2D eigenvalue weighted by atomic mass is 32.2. The summed E-state index contributed by atoms with van der Waals surface area (Å²) in [7, 11) is 0. The van der Waals surface area contributed by atoms with Gasteiger partial charge in [-0.1, -0.05) is 37.7 Å². The molecule has 2 rings (SSSR count). The summed E-state index contributed by atoms with van der Waals surface area (Å²) in [6, 6.07) is 10.4. The fraction of sp³-hybridized carbons (Fsp3) is 0.286. The van der Waals surface area contributed by atoms with Crippen molar-refractivity contribution in [3.63, 3.8) is 0 Å². The van der Waals surface area contributed by atoms with Crippen LogP contribution in [0.25, 0.3) is 0 Å². The van der Waals surface area contributed by atoms with Gasteiger partial charge in [0.25, 0.3) is 0 Å². The lowest BCUT2D eigenvalue weighted by Crippen LogP contribution is -2.09. The molecule has 5 heteroatoms. The van der Waals surface area contributed by atoms with Crippen LogP contribution in [-0.4, -0.2) is 9.97 Å². The Morgan fingerprint density at radius 2 is 1.84 bits per heavy atom. The van der Waals surface area contributed by atoms with Gasteiger partial charge in [0.1, 0.15) is 16.7 Å². The average Bonchev–Trinajstić information content (AvgIpc) is 2.38. The third kappa shape index (κ3) is 3.68. The van der Waals surface area contributed by atoms with Crippen molar-refractivity contribution < 1.29 is 0 Å². The van der Waals surface area contributed by atoms with E-state index in [0.717, 1.165) is 9.92 Å². The zero-order valence-electron chi connectivity index (χ0n) is 11.3. The van der Waals surface area contributed by atoms with E-state index in [-0.39, 0.29) is 0 Å². The number of rotatable bonds is 4. The second kappa shape index (κ2) is 6.04. The van der Waals surface area contributed by atoms with Crippen molar-refractivity contribution in [2.75, 3.05) is 5.43 Å². The molecule has 0 saturated heterocycles. The first-order valence-electron chi connectivity index (χ1n) is 6.18. The summed E-state index contributed by atoms with van der Waals surface area (Å²) in [5.41, 5.74) is 3.89. The van der Waals surface area contributed by atoms with E-state index in [4.69, 9.17) is 5.84 Å². The highest BCUT2D eigenvalue weighted by Gasteiger charge is 2.04. The van der Waals surface area contributed by atoms with Crippen LogP contribution < -0.4 is 11.3 Å². The van der Waals surface area contributed by atoms with Crippen LogP contribution in [0.1, 0.15) is 31.2 Å². The summed E-state index contributed by atoms with van der Waals surface area (Å²) >= 11 is 1.61. The predicted octanol–water partition coefficient (Wildman–Crippen LogP) is 3.35. The van der Waals surface area contributed by atoms with Gasteiger partial charge in [0.05, 0.1) is 0 Å². The quantitative estimate of drug-likeness (QED) is 0.508. The second-order valence-corrected chi connectivity index (χ2v) is 5.70. The normalized spacial score (nSPS) is 10.8. The van der Waals surface area contributed by atoms with E-state index in [2.05, 4.69) is 53.5 Å². The number of hydrazine groups is 1. The van der Waals surface area contributed by atoms with Gasteiger partial charge in [-0.25, -0.2) is 15.8 Å². The number of aryl methyl sites for hydroxylation is 1. The van der Waals surface area contributed by atoms with Crippen LogP contribution in [0.5, 0.6) is 0 Å². The molecule has 0 aliphatic heterocycles. The second-order valence-electron chi connectivity index (χ2n) is 4.61. The Bertz CT molecular complexity index is 552. The van der Waals surface area contributed by atoms with Crippen molar-refractivity contribution in [2.24, 2.45) is 5.84 Å². The van der Waals surface area contributed by atoms with Gasteiger partial charge >= 0.3 is 0 Å². The van der Waals surface area contributed by atoms with Gasteiger partial charge < -0.3 is 5.43 Å². The third-order valence-electron chi connectivity index (χ3n) is 2.73. The fourth-order valence-electron chi connectivity index (χ4n) is 1.71. The minimum Gasteiger partial charge on any atom is -0.308 e. The Kier molecular flexibility index (Phi) is 4.39. The Morgan fingerprint density at radius 1 is 1.16 bits per heavy atom. The molecule has 0 saturated carbocycles. The molecular weight excluding hydrogens is 256 g/mol. The van der Waals surface area contributed by atoms with E-state index < -0.39 is 0 Å². The molecule has 4 nitrogen and oxygen atoms in total. The van der Waals surface area contributed by atoms with Crippen LogP contribution in [0.4, 0.5) is 5.82 Å². The van der Waals surface area contributed by atoms with Crippen molar-refractivity contribution in [1.82, 2.24) is 9.97 Å². The van der Waals surface area contributed by atoms with Gasteiger partial charge in [-0.3, -0.25) is 0 Å². The van der Waals surface area contributed by atoms with Crippen LogP contribution in [0.2, 0.25) is 0 Å². The summed E-state index contributed by atoms with van der Waals surface area (Å²) in [5, 5.41) is 0.887. The molecule has 100 valence electrons. The van der Waals surface area contributed by atoms with Crippen molar-refractivity contribution in [3.05, 3.63) is 41.7 Å². The molecular formula is C14H18N4S.